The minimum atomic E-state index is -2.74. The highest BCUT2D eigenvalue weighted by molar-refractivity contribution is 5.92. The molecule has 0 radical (unpaired) electrons. The van der Waals surface area contributed by atoms with Crippen LogP contribution in [0.25, 0.3) is 11.0 Å². The lowest BCUT2D eigenvalue weighted by Crippen LogP contribution is -2.43. The molecule has 1 aromatic carbocycles. The molecule has 3 aliphatic carbocycles. The van der Waals surface area contributed by atoms with Gasteiger partial charge in [0.05, 0.1) is 29.8 Å². The molecule has 3 aliphatic rings. The second-order valence-corrected chi connectivity index (χ2v) is 12.6. The van der Waals surface area contributed by atoms with Gasteiger partial charge in [-0.3, -0.25) is 14.3 Å². The summed E-state index contributed by atoms with van der Waals surface area (Å²) in [5.41, 5.74) is 2.51. The van der Waals surface area contributed by atoms with E-state index in [4.69, 9.17) is 4.74 Å². The molecule has 3 fully saturated rings. The van der Waals surface area contributed by atoms with E-state index in [1.807, 2.05) is 32.0 Å². The van der Waals surface area contributed by atoms with E-state index in [1.165, 1.54) is 6.20 Å². The van der Waals surface area contributed by atoms with E-state index >= 15 is 0 Å². The van der Waals surface area contributed by atoms with Crippen LogP contribution in [0.2, 0.25) is 0 Å². The number of hydrogen-bond donors (Lipinski definition) is 3. The molecule has 0 aliphatic heterocycles. The van der Waals surface area contributed by atoms with Crippen molar-refractivity contribution in [3.8, 4) is 0 Å². The highest BCUT2D eigenvalue weighted by Crippen LogP contribution is 2.45. The van der Waals surface area contributed by atoms with Gasteiger partial charge in [-0.25, -0.2) is 22.5 Å². The van der Waals surface area contributed by atoms with Gasteiger partial charge in [-0.15, -0.1) is 0 Å². The van der Waals surface area contributed by atoms with Gasteiger partial charge >= 0.3 is 0 Å². The summed E-state index contributed by atoms with van der Waals surface area (Å²) in [4.78, 5) is 33.9. The highest BCUT2D eigenvalue weighted by Gasteiger charge is 2.47. The van der Waals surface area contributed by atoms with Crippen LogP contribution in [0, 0.1) is 11.8 Å². The first kappa shape index (κ1) is 29.6. The van der Waals surface area contributed by atoms with E-state index in [2.05, 4.69) is 25.7 Å². The van der Waals surface area contributed by atoms with Gasteiger partial charge in [0.25, 0.3) is 11.8 Å². The van der Waals surface area contributed by atoms with Crippen LogP contribution >= 0.6 is 0 Å². The van der Waals surface area contributed by atoms with Crippen LogP contribution in [-0.2, 0) is 9.53 Å². The average Bonchev–Trinajstić information content (AvgIpc) is 3.45. The van der Waals surface area contributed by atoms with E-state index in [0.29, 0.717) is 22.6 Å². The Bertz CT molecular complexity index is 1480. The van der Waals surface area contributed by atoms with E-state index in [0.717, 1.165) is 18.4 Å². The lowest BCUT2D eigenvalue weighted by atomic mass is 9.79. The van der Waals surface area contributed by atoms with Crippen molar-refractivity contribution >= 4 is 22.8 Å². The molecular weight excluding hydrogens is 568 g/mol. The third kappa shape index (κ3) is 6.71. The topological polar surface area (TPSA) is 114 Å². The number of halogens is 4. The number of carbonyl (C=O) groups is 2. The second kappa shape index (κ2) is 11.2. The molecule has 2 amide bonds. The van der Waals surface area contributed by atoms with E-state index < -0.39 is 29.9 Å². The molecule has 9 nitrogen and oxygen atoms in total. The number of rotatable bonds is 12. The van der Waals surface area contributed by atoms with Gasteiger partial charge in [0.1, 0.15) is 17.6 Å². The third-order valence-electron chi connectivity index (χ3n) is 8.52. The number of carbonyl (C=O) groups excluding carboxylic acids is 2. The molecule has 0 saturated heterocycles. The van der Waals surface area contributed by atoms with Crippen LogP contribution in [0.1, 0.15) is 98.8 Å². The fraction of sp³-hybridized carbons (Fsp3) is 0.600. The van der Waals surface area contributed by atoms with Crippen LogP contribution in [-0.4, -0.2) is 56.1 Å². The van der Waals surface area contributed by atoms with Crippen molar-refractivity contribution in [3.63, 3.8) is 0 Å². The fourth-order valence-electron chi connectivity index (χ4n) is 6.02. The van der Waals surface area contributed by atoms with Crippen molar-refractivity contribution in [1.82, 2.24) is 30.4 Å². The van der Waals surface area contributed by atoms with Crippen molar-refractivity contribution in [3.05, 3.63) is 47.5 Å². The molecular formula is C30H36F4N6O3. The lowest BCUT2D eigenvalue weighted by molar-refractivity contribution is -0.167. The zero-order valence-electron chi connectivity index (χ0n) is 24.1. The average molecular weight is 605 g/mol. The molecule has 2 aromatic heterocycles. The Morgan fingerprint density at radius 2 is 1.79 bits per heavy atom. The molecule has 1 unspecified atom stereocenters. The van der Waals surface area contributed by atoms with Gasteiger partial charge in [-0.05, 0) is 62.3 Å². The standard InChI is InChI=1S/C30H36F4N6O3/c1-16(2)40-24(7-8-35-40)28(42)38-23(15-43-20-13-30(33,34)14-20)27-36-21-6-5-19(10-22(21)37-27)26(18-3-4-18)39-25(41)9-17-11-29(31,32)12-17/h5-8,10,16-18,20,23,26H,3-4,9,11-15H2,1-2H3,(H,36,37)(H,38,42)(H,39,41)/t23-,26?/m0/s1. The van der Waals surface area contributed by atoms with Crippen LogP contribution in [0.3, 0.4) is 0 Å². The number of H-pyrrole nitrogens is 1. The Balaban J connectivity index is 1.19. The molecule has 3 N–H and O–H groups in total. The number of benzene rings is 1. The van der Waals surface area contributed by atoms with Gasteiger partial charge in [-0.2, -0.15) is 5.10 Å². The molecule has 2 atom stereocenters. The molecule has 2 heterocycles. The summed E-state index contributed by atoms with van der Waals surface area (Å²) in [5.74, 6) is -5.67. The maximum absolute atomic E-state index is 13.4. The van der Waals surface area contributed by atoms with Crippen LogP contribution in [0.4, 0.5) is 17.6 Å². The van der Waals surface area contributed by atoms with Gasteiger partial charge in [-0.1, -0.05) is 6.07 Å². The fourth-order valence-corrected chi connectivity index (χ4v) is 6.02. The number of nitrogens with one attached hydrogen (secondary N) is 3. The Morgan fingerprint density at radius 3 is 2.44 bits per heavy atom. The Morgan fingerprint density at radius 1 is 1.07 bits per heavy atom. The smallest absolute Gasteiger partial charge is 0.270 e. The van der Waals surface area contributed by atoms with Crippen molar-refractivity contribution in [2.75, 3.05) is 6.61 Å². The normalized spacial score (nSPS) is 21.3. The Hall–Kier alpha value is -3.48. The first-order chi connectivity index (χ1) is 20.4. The van der Waals surface area contributed by atoms with Crippen LogP contribution in [0.15, 0.2) is 30.5 Å². The number of alkyl halides is 4. The summed E-state index contributed by atoms with van der Waals surface area (Å²) in [6, 6.07) is 6.14. The van der Waals surface area contributed by atoms with E-state index in [9.17, 15) is 27.2 Å². The molecule has 6 rings (SSSR count). The zero-order valence-corrected chi connectivity index (χ0v) is 24.1. The van der Waals surface area contributed by atoms with E-state index in [-0.39, 0.29) is 68.5 Å². The van der Waals surface area contributed by atoms with Crippen molar-refractivity contribution in [2.24, 2.45) is 11.8 Å². The molecule has 0 spiro atoms. The molecule has 0 bridgehead atoms. The maximum atomic E-state index is 13.4. The predicted molar refractivity (Wildman–Crippen MR) is 149 cm³/mol. The summed E-state index contributed by atoms with van der Waals surface area (Å²) < 4.78 is 60.6. The van der Waals surface area contributed by atoms with Gasteiger partial charge < -0.3 is 20.4 Å². The predicted octanol–water partition coefficient (Wildman–Crippen LogP) is 5.63. The molecule has 43 heavy (non-hydrogen) atoms. The monoisotopic (exact) mass is 604 g/mol. The number of aromatic amines is 1. The van der Waals surface area contributed by atoms with Crippen molar-refractivity contribution < 1.29 is 31.9 Å². The number of hydrogen-bond acceptors (Lipinski definition) is 5. The first-order valence-electron chi connectivity index (χ1n) is 14.9. The number of nitrogens with zero attached hydrogens (tertiary/aromatic N) is 3. The van der Waals surface area contributed by atoms with E-state index in [1.54, 1.807) is 10.7 Å². The molecule has 232 valence electrons. The summed E-state index contributed by atoms with van der Waals surface area (Å²) in [6.45, 7) is 3.75. The maximum Gasteiger partial charge on any atom is 0.270 e. The van der Waals surface area contributed by atoms with Gasteiger partial charge in [0.15, 0.2) is 0 Å². The molecule has 3 saturated carbocycles. The summed E-state index contributed by atoms with van der Waals surface area (Å²) in [5, 5.41) is 10.2. The second-order valence-electron chi connectivity index (χ2n) is 12.6. The lowest BCUT2D eigenvalue weighted by Gasteiger charge is -2.35. The Kier molecular flexibility index (Phi) is 7.72. The Labute approximate surface area is 246 Å². The number of imidazole rings is 1. The number of amides is 2. The van der Waals surface area contributed by atoms with Crippen LogP contribution in [0.5, 0.6) is 0 Å². The molecule has 3 aromatic rings. The van der Waals surface area contributed by atoms with Crippen LogP contribution < -0.4 is 10.6 Å². The largest absolute Gasteiger partial charge is 0.375 e. The quantitative estimate of drug-likeness (QED) is 0.232. The zero-order chi connectivity index (χ0) is 30.5. The molecule has 13 heteroatoms. The SMILES string of the molecule is CC(C)n1nccc1C(=O)N[C@@H](COC1CC(F)(F)C1)c1nc2ccc(C(NC(=O)CC3CC(F)(F)C3)C3CC3)cc2[nH]1. The summed E-state index contributed by atoms with van der Waals surface area (Å²) in [6.07, 6.45) is 1.69. The number of ether oxygens (including phenoxy) is 1. The summed E-state index contributed by atoms with van der Waals surface area (Å²) in [7, 11) is 0. The highest BCUT2D eigenvalue weighted by atomic mass is 19.3. The van der Waals surface area contributed by atoms with Crippen molar-refractivity contribution in [2.45, 2.75) is 94.9 Å². The minimum Gasteiger partial charge on any atom is -0.375 e. The third-order valence-corrected chi connectivity index (χ3v) is 8.52. The van der Waals surface area contributed by atoms with Gasteiger partial charge in [0, 0.05) is 44.3 Å². The number of fused-ring (bicyclic) bond motifs is 1. The van der Waals surface area contributed by atoms with Crippen molar-refractivity contribution in [1.29, 1.82) is 0 Å². The summed E-state index contributed by atoms with van der Waals surface area (Å²) >= 11 is 0. The first-order valence-corrected chi connectivity index (χ1v) is 14.9. The minimum absolute atomic E-state index is 0.0538. The van der Waals surface area contributed by atoms with Gasteiger partial charge in [0.2, 0.25) is 11.8 Å². The number of aromatic nitrogens is 4.